The smallest absolute Gasteiger partial charge is 0.354 e. The first kappa shape index (κ1) is 14.0. The Hall–Kier alpha value is -1.42. The highest BCUT2D eigenvalue weighted by Gasteiger charge is 2.25. The van der Waals surface area contributed by atoms with Crippen LogP contribution in [0.2, 0.25) is 0 Å². The van der Waals surface area contributed by atoms with Crippen LogP contribution >= 0.6 is 0 Å². The van der Waals surface area contributed by atoms with Crippen LogP contribution in [0.25, 0.3) is 0 Å². The Morgan fingerprint density at radius 3 is 2.89 bits per heavy atom. The van der Waals surface area contributed by atoms with Crippen LogP contribution in [0.1, 0.15) is 49.2 Å². The lowest BCUT2D eigenvalue weighted by Crippen LogP contribution is -2.26. The van der Waals surface area contributed by atoms with E-state index in [1.54, 1.807) is 12.1 Å². The van der Waals surface area contributed by atoms with Crippen molar-refractivity contribution in [2.45, 2.75) is 45.8 Å². The Bertz CT molecular complexity index is 447. The molecule has 1 fully saturated rings. The van der Waals surface area contributed by atoms with Crippen LogP contribution in [0.15, 0.2) is 18.3 Å². The number of carbonyl (C=O) groups is 1. The van der Waals surface area contributed by atoms with E-state index >= 15 is 0 Å². The normalized spacial score (nSPS) is 27.2. The number of ether oxygens (including phenoxy) is 1. The summed E-state index contributed by atoms with van der Waals surface area (Å²) in [5.74, 6) is 0.434. The topological polar surface area (TPSA) is 59.4 Å². The van der Waals surface area contributed by atoms with Crippen LogP contribution in [-0.4, -0.2) is 22.2 Å². The molecule has 0 aromatic carbocycles. The molecule has 3 atom stereocenters. The van der Waals surface area contributed by atoms with Gasteiger partial charge in [-0.3, -0.25) is 0 Å². The number of aromatic nitrogens is 1. The van der Waals surface area contributed by atoms with Crippen LogP contribution in [0.3, 0.4) is 0 Å². The molecule has 1 aromatic rings. The van der Waals surface area contributed by atoms with Gasteiger partial charge in [0.05, 0.1) is 12.7 Å². The molecule has 1 aliphatic carbocycles. The van der Waals surface area contributed by atoms with Crippen LogP contribution in [-0.2, 0) is 11.3 Å². The van der Waals surface area contributed by atoms with Gasteiger partial charge in [-0.15, -0.1) is 0 Å². The minimum atomic E-state index is -0.996. The molecule has 0 aliphatic heterocycles. The number of carboxylic acid groups (broad SMARTS) is 1. The number of rotatable bonds is 4. The van der Waals surface area contributed by atoms with E-state index in [2.05, 4.69) is 18.8 Å². The van der Waals surface area contributed by atoms with Gasteiger partial charge in [0.2, 0.25) is 0 Å². The third-order valence-corrected chi connectivity index (χ3v) is 4.12. The minimum absolute atomic E-state index is 0.0970. The van der Waals surface area contributed by atoms with Crippen molar-refractivity contribution in [1.82, 2.24) is 4.98 Å². The number of pyridine rings is 1. The Labute approximate surface area is 113 Å². The van der Waals surface area contributed by atoms with Crippen molar-refractivity contribution in [3.05, 3.63) is 29.6 Å². The molecule has 19 heavy (non-hydrogen) atoms. The first-order chi connectivity index (χ1) is 9.08. The maximum absolute atomic E-state index is 11.0. The number of carboxylic acids is 1. The molecular formula is C15H21NO3. The lowest BCUT2D eigenvalue weighted by Gasteiger charge is -2.32. The summed E-state index contributed by atoms with van der Waals surface area (Å²) < 4.78 is 5.88. The van der Waals surface area contributed by atoms with Crippen molar-refractivity contribution >= 4 is 5.97 Å². The second-order valence-electron chi connectivity index (χ2n) is 5.52. The molecule has 0 bridgehead atoms. The molecule has 0 radical (unpaired) electrons. The van der Waals surface area contributed by atoms with Gasteiger partial charge >= 0.3 is 5.97 Å². The largest absolute Gasteiger partial charge is 0.477 e. The lowest BCUT2D eigenvalue weighted by molar-refractivity contribution is -0.00799. The van der Waals surface area contributed by atoms with Gasteiger partial charge in [-0.2, -0.15) is 0 Å². The Morgan fingerprint density at radius 2 is 2.21 bits per heavy atom. The Morgan fingerprint density at radius 1 is 1.42 bits per heavy atom. The fourth-order valence-corrected chi connectivity index (χ4v) is 2.60. The summed E-state index contributed by atoms with van der Waals surface area (Å²) in [7, 11) is 0. The van der Waals surface area contributed by atoms with E-state index in [1.165, 1.54) is 12.6 Å². The first-order valence-corrected chi connectivity index (χ1v) is 6.86. The second-order valence-corrected chi connectivity index (χ2v) is 5.52. The zero-order chi connectivity index (χ0) is 13.8. The summed E-state index contributed by atoms with van der Waals surface area (Å²) in [6.45, 7) is 4.87. The van der Waals surface area contributed by atoms with E-state index in [0.717, 1.165) is 18.8 Å². The number of hydrogen-bond donors (Lipinski definition) is 1. The summed E-state index contributed by atoms with van der Waals surface area (Å²) in [4.78, 5) is 14.9. The highest BCUT2D eigenvalue weighted by Crippen LogP contribution is 2.31. The van der Waals surface area contributed by atoms with Crippen LogP contribution in [0.5, 0.6) is 0 Å². The van der Waals surface area contributed by atoms with Crippen LogP contribution in [0, 0.1) is 11.8 Å². The van der Waals surface area contributed by atoms with Gasteiger partial charge in [-0.05, 0) is 37.2 Å². The third-order valence-electron chi connectivity index (χ3n) is 4.12. The van der Waals surface area contributed by atoms with Gasteiger partial charge in [0.15, 0.2) is 5.69 Å². The average molecular weight is 263 g/mol. The predicted octanol–water partition coefficient (Wildman–Crippen LogP) is 3.12. The number of aromatic carboxylic acids is 1. The summed E-state index contributed by atoms with van der Waals surface area (Å²) in [6, 6.07) is 3.52. The quantitative estimate of drug-likeness (QED) is 0.906. The maximum atomic E-state index is 11.0. The molecule has 4 heteroatoms. The molecule has 1 aromatic heterocycles. The fourth-order valence-electron chi connectivity index (χ4n) is 2.60. The zero-order valence-electron chi connectivity index (χ0n) is 11.5. The van der Waals surface area contributed by atoms with Gasteiger partial charge < -0.3 is 9.84 Å². The van der Waals surface area contributed by atoms with E-state index in [0.29, 0.717) is 18.1 Å². The molecule has 1 N–H and O–H groups in total. The third kappa shape index (κ3) is 3.53. The summed E-state index contributed by atoms with van der Waals surface area (Å²) in [5.41, 5.74) is 0.751. The molecule has 0 amide bonds. The van der Waals surface area contributed by atoms with E-state index < -0.39 is 5.97 Å². The Kier molecular flexibility index (Phi) is 4.53. The van der Waals surface area contributed by atoms with Crippen molar-refractivity contribution in [1.29, 1.82) is 0 Å². The molecule has 4 nitrogen and oxygen atoms in total. The molecule has 104 valence electrons. The van der Waals surface area contributed by atoms with E-state index in [-0.39, 0.29) is 11.8 Å². The summed E-state index contributed by atoms with van der Waals surface area (Å²) in [5, 5.41) is 9.06. The van der Waals surface area contributed by atoms with E-state index in [1.807, 2.05) is 0 Å². The molecule has 0 saturated heterocycles. The summed E-state index contributed by atoms with van der Waals surface area (Å²) in [6.07, 6.45) is 5.05. The van der Waals surface area contributed by atoms with Crippen molar-refractivity contribution in [3.8, 4) is 0 Å². The van der Waals surface area contributed by atoms with Crippen LogP contribution in [0.4, 0.5) is 0 Å². The lowest BCUT2D eigenvalue weighted by atomic mass is 9.80. The highest BCUT2D eigenvalue weighted by atomic mass is 16.5. The SMILES string of the molecule is CC1CCC(OCc2cccnc2C(=O)O)CC1C. The molecule has 1 heterocycles. The molecule has 3 unspecified atom stereocenters. The average Bonchev–Trinajstić information content (AvgIpc) is 2.40. The molecule has 1 aliphatic rings. The van der Waals surface area contributed by atoms with Crippen molar-refractivity contribution in [3.63, 3.8) is 0 Å². The van der Waals surface area contributed by atoms with Crippen molar-refractivity contribution in [2.24, 2.45) is 11.8 Å². The molecular weight excluding hydrogens is 242 g/mol. The fraction of sp³-hybridized carbons (Fsp3) is 0.600. The number of nitrogens with zero attached hydrogens (tertiary/aromatic N) is 1. The van der Waals surface area contributed by atoms with Crippen molar-refractivity contribution in [2.75, 3.05) is 0 Å². The van der Waals surface area contributed by atoms with Gasteiger partial charge in [-0.1, -0.05) is 19.9 Å². The predicted molar refractivity (Wildman–Crippen MR) is 72.0 cm³/mol. The maximum Gasteiger partial charge on any atom is 0.354 e. The standard InChI is InChI=1S/C15H21NO3/c1-10-5-6-13(8-11(10)2)19-9-12-4-3-7-16-14(12)15(17)18/h3-4,7,10-11,13H,5-6,8-9H2,1-2H3,(H,17,18). The Balaban J connectivity index is 1.94. The van der Waals surface area contributed by atoms with Gasteiger partial charge in [0, 0.05) is 11.8 Å². The van der Waals surface area contributed by atoms with Gasteiger partial charge in [0.25, 0.3) is 0 Å². The van der Waals surface area contributed by atoms with E-state index in [4.69, 9.17) is 9.84 Å². The number of hydrogen-bond acceptors (Lipinski definition) is 3. The van der Waals surface area contributed by atoms with E-state index in [9.17, 15) is 4.79 Å². The van der Waals surface area contributed by atoms with Crippen molar-refractivity contribution < 1.29 is 14.6 Å². The summed E-state index contributed by atoms with van der Waals surface area (Å²) >= 11 is 0. The second kappa shape index (κ2) is 6.15. The van der Waals surface area contributed by atoms with Gasteiger partial charge in [-0.25, -0.2) is 9.78 Å². The monoisotopic (exact) mass is 263 g/mol. The molecule has 0 spiro atoms. The van der Waals surface area contributed by atoms with Crippen LogP contribution < -0.4 is 0 Å². The minimum Gasteiger partial charge on any atom is -0.477 e. The molecule has 2 rings (SSSR count). The zero-order valence-corrected chi connectivity index (χ0v) is 11.5. The first-order valence-electron chi connectivity index (χ1n) is 6.86. The highest BCUT2D eigenvalue weighted by molar-refractivity contribution is 5.86. The van der Waals surface area contributed by atoms with Gasteiger partial charge in [0.1, 0.15) is 0 Å². The molecule has 1 saturated carbocycles.